The Balaban J connectivity index is 2.03. The van der Waals surface area contributed by atoms with Crippen LogP contribution < -0.4 is 11.1 Å². The maximum atomic E-state index is 12.3. The summed E-state index contributed by atoms with van der Waals surface area (Å²) in [5.41, 5.74) is 7.27. The number of hydrogen-bond donors (Lipinski definition) is 2. The first-order valence-corrected chi connectivity index (χ1v) is 8.40. The predicted molar refractivity (Wildman–Crippen MR) is 89.7 cm³/mol. The van der Waals surface area contributed by atoms with E-state index in [0.29, 0.717) is 16.5 Å². The molecule has 0 saturated carbocycles. The van der Waals surface area contributed by atoms with Gasteiger partial charge in [-0.1, -0.05) is 33.1 Å². The number of nitrogens with zero attached hydrogens (tertiary/aromatic N) is 1. The molecule has 0 aliphatic rings. The van der Waals surface area contributed by atoms with Crippen LogP contribution in [0.3, 0.4) is 0 Å². The first-order valence-electron chi connectivity index (χ1n) is 7.58. The second-order valence-corrected chi connectivity index (χ2v) is 6.37. The van der Waals surface area contributed by atoms with Gasteiger partial charge in [0.2, 0.25) is 0 Å². The molecule has 0 saturated heterocycles. The molecule has 1 atom stereocenters. The smallest absolute Gasteiger partial charge is 0.263 e. The third-order valence-corrected chi connectivity index (χ3v) is 4.94. The number of pyridine rings is 1. The average molecular weight is 305 g/mol. The van der Waals surface area contributed by atoms with Gasteiger partial charge in [-0.3, -0.25) is 9.78 Å². The highest BCUT2D eigenvalue weighted by atomic mass is 32.1. The summed E-state index contributed by atoms with van der Waals surface area (Å²) in [4.78, 5) is 17.1. The molecule has 0 fully saturated rings. The van der Waals surface area contributed by atoms with Gasteiger partial charge in [-0.25, -0.2) is 0 Å². The van der Waals surface area contributed by atoms with Gasteiger partial charge in [-0.2, -0.15) is 0 Å². The SMILES string of the molecule is CCCCC(CC)CNC(=O)c1sc2cccnc2c1N. The number of rotatable bonds is 7. The summed E-state index contributed by atoms with van der Waals surface area (Å²) in [5, 5.41) is 3.02. The summed E-state index contributed by atoms with van der Waals surface area (Å²) >= 11 is 1.41. The van der Waals surface area contributed by atoms with Gasteiger partial charge in [-0.15, -0.1) is 11.3 Å². The van der Waals surface area contributed by atoms with Crippen molar-refractivity contribution in [2.75, 3.05) is 12.3 Å². The van der Waals surface area contributed by atoms with Crippen molar-refractivity contribution in [2.45, 2.75) is 39.5 Å². The van der Waals surface area contributed by atoms with Gasteiger partial charge in [0.1, 0.15) is 10.4 Å². The van der Waals surface area contributed by atoms with E-state index in [-0.39, 0.29) is 5.91 Å². The number of hydrogen-bond acceptors (Lipinski definition) is 4. The van der Waals surface area contributed by atoms with Crippen LogP contribution in [0.4, 0.5) is 5.69 Å². The number of aromatic nitrogens is 1. The summed E-state index contributed by atoms with van der Waals surface area (Å²) in [7, 11) is 0. The molecule has 5 heteroatoms. The monoisotopic (exact) mass is 305 g/mol. The Morgan fingerprint density at radius 1 is 1.48 bits per heavy atom. The first kappa shape index (κ1) is 15.8. The largest absolute Gasteiger partial charge is 0.396 e. The van der Waals surface area contributed by atoms with Crippen LogP contribution in [0.1, 0.15) is 49.2 Å². The summed E-state index contributed by atoms with van der Waals surface area (Å²) in [6, 6.07) is 3.80. The number of anilines is 1. The van der Waals surface area contributed by atoms with Crippen molar-refractivity contribution in [1.82, 2.24) is 10.3 Å². The van der Waals surface area contributed by atoms with E-state index in [2.05, 4.69) is 24.1 Å². The number of thiophene rings is 1. The summed E-state index contributed by atoms with van der Waals surface area (Å²) < 4.78 is 0.957. The quantitative estimate of drug-likeness (QED) is 0.817. The van der Waals surface area contributed by atoms with Gasteiger partial charge < -0.3 is 11.1 Å². The zero-order valence-corrected chi connectivity index (χ0v) is 13.5. The Hall–Kier alpha value is -1.62. The highest BCUT2D eigenvalue weighted by molar-refractivity contribution is 7.21. The van der Waals surface area contributed by atoms with Crippen LogP contribution in [-0.4, -0.2) is 17.4 Å². The molecule has 1 unspecified atom stereocenters. The highest BCUT2D eigenvalue weighted by Gasteiger charge is 2.17. The van der Waals surface area contributed by atoms with E-state index in [0.717, 1.165) is 29.6 Å². The van der Waals surface area contributed by atoms with Crippen LogP contribution in [0, 0.1) is 5.92 Å². The van der Waals surface area contributed by atoms with Gasteiger partial charge in [0.25, 0.3) is 5.91 Å². The summed E-state index contributed by atoms with van der Waals surface area (Å²) in [5.74, 6) is 0.466. The molecule has 0 radical (unpaired) electrons. The zero-order chi connectivity index (χ0) is 15.2. The van der Waals surface area contributed by atoms with Crippen LogP contribution in [-0.2, 0) is 0 Å². The van der Waals surface area contributed by atoms with Crippen LogP contribution in [0.2, 0.25) is 0 Å². The second-order valence-electron chi connectivity index (χ2n) is 5.32. The molecule has 4 nitrogen and oxygen atoms in total. The third kappa shape index (κ3) is 3.73. The van der Waals surface area contributed by atoms with E-state index in [9.17, 15) is 4.79 Å². The van der Waals surface area contributed by atoms with Gasteiger partial charge in [-0.05, 0) is 24.5 Å². The number of carbonyl (C=O) groups excluding carboxylic acids is 1. The molecule has 1 amide bonds. The number of amides is 1. The molecule has 2 rings (SSSR count). The lowest BCUT2D eigenvalue weighted by molar-refractivity contribution is 0.0950. The number of fused-ring (bicyclic) bond motifs is 1. The molecule has 21 heavy (non-hydrogen) atoms. The molecule has 2 aromatic rings. The molecule has 0 aromatic carbocycles. The minimum atomic E-state index is -0.0783. The Morgan fingerprint density at radius 2 is 2.29 bits per heavy atom. The Morgan fingerprint density at radius 3 is 2.95 bits per heavy atom. The number of nitrogens with one attached hydrogen (secondary N) is 1. The van der Waals surface area contributed by atoms with E-state index in [1.165, 1.54) is 24.2 Å². The van der Waals surface area contributed by atoms with Gasteiger partial charge in [0, 0.05) is 12.7 Å². The Labute approximate surface area is 129 Å². The molecule has 3 N–H and O–H groups in total. The van der Waals surface area contributed by atoms with Crippen molar-refractivity contribution >= 4 is 33.1 Å². The summed E-state index contributed by atoms with van der Waals surface area (Å²) in [6.45, 7) is 5.08. The lowest BCUT2D eigenvalue weighted by Crippen LogP contribution is -2.29. The van der Waals surface area contributed by atoms with Gasteiger partial charge >= 0.3 is 0 Å². The van der Waals surface area contributed by atoms with Crippen LogP contribution >= 0.6 is 11.3 Å². The zero-order valence-electron chi connectivity index (χ0n) is 12.7. The van der Waals surface area contributed by atoms with Crippen molar-refractivity contribution in [2.24, 2.45) is 5.92 Å². The van der Waals surface area contributed by atoms with Crippen molar-refractivity contribution in [3.8, 4) is 0 Å². The average Bonchev–Trinajstić information content (AvgIpc) is 2.85. The normalized spacial score (nSPS) is 12.5. The lowest BCUT2D eigenvalue weighted by atomic mass is 9.99. The van der Waals surface area contributed by atoms with Crippen LogP contribution in [0.25, 0.3) is 10.2 Å². The fraction of sp³-hybridized carbons (Fsp3) is 0.500. The van der Waals surface area contributed by atoms with Gasteiger partial charge in [0.15, 0.2) is 0 Å². The van der Waals surface area contributed by atoms with E-state index in [1.54, 1.807) is 6.20 Å². The number of unbranched alkanes of at least 4 members (excludes halogenated alkanes) is 1. The number of nitrogens with two attached hydrogens (primary N) is 1. The van der Waals surface area contributed by atoms with Crippen molar-refractivity contribution in [1.29, 1.82) is 0 Å². The number of nitrogen functional groups attached to an aromatic ring is 1. The predicted octanol–water partition coefficient (Wildman–Crippen LogP) is 3.82. The van der Waals surface area contributed by atoms with Crippen molar-refractivity contribution in [3.63, 3.8) is 0 Å². The maximum absolute atomic E-state index is 12.3. The minimum Gasteiger partial charge on any atom is -0.396 e. The van der Waals surface area contributed by atoms with Crippen LogP contribution in [0.5, 0.6) is 0 Å². The first-order chi connectivity index (χ1) is 10.2. The number of carbonyl (C=O) groups is 1. The molecule has 0 spiro atoms. The molecule has 2 heterocycles. The Kier molecular flexibility index (Phi) is 5.56. The van der Waals surface area contributed by atoms with E-state index in [1.807, 2.05) is 12.1 Å². The van der Waals surface area contributed by atoms with Crippen molar-refractivity contribution < 1.29 is 4.79 Å². The van der Waals surface area contributed by atoms with E-state index < -0.39 is 0 Å². The highest BCUT2D eigenvalue weighted by Crippen LogP contribution is 2.31. The maximum Gasteiger partial charge on any atom is 0.263 e. The third-order valence-electron chi connectivity index (χ3n) is 3.78. The fourth-order valence-corrected chi connectivity index (χ4v) is 3.37. The molecular weight excluding hydrogens is 282 g/mol. The molecule has 2 aromatic heterocycles. The molecule has 0 bridgehead atoms. The molecule has 0 aliphatic heterocycles. The lowest BCUT2D eigenvalue weighted by Gasteiger charge is -2.14. The Bertz CT molecular complexity index is 609. The topological polar surface area (TPSA) is 68.0 Å². The molecule has 0 aliphatic carbocycles. The minimum absolute atomic E-state index is 0.0783. The van der Waals surface area contributed by atoms with Crippen LogP contribution in [0.15, 0.2) is 18.3 Å². The van der Waals surface area contributed by atoms with E-state index in [4.69, 9.17) is 5.73 Å². The fourth-order valence-electron chi connectivity index (χ4n) is 2.38. The van der Waals surface area contributed by atoms with Crippen molar-refractivity contribution in [3.05, 3.63) is 23.2 Å². The van der Waals surface area contributed by atoms with Gasteiger partial charge in [0.05, 0.1) is 10.4 Å². The molecule has 114 valence electrons. The summed E-state index contributed by atoms with van der Waals surface area (Å²) in [6.07, 6.45) is 6.36. The molecular formula is C16H23N3OS. The van der Waals surface area contributed by atoms with E-state index >= 15 is 0 Å². The standard InChI is InChI=1S/C16H23N3OS/c1-3-5-7-11(4-2)10-19-16(20)15-13(17)14-12(21-15)8-6-9-18-14/h6,8-9,11H,3-5,7,10,17H2,1-2H3,(H,19,20). The second kappa shape index (κ2) is 7.41.